The van der Waals surface area contributed by atoms with Gasteiger partial charge in [-0.2, -0.15) is 0 Å². The van der Waals surface area contributed by atoms with Crippen LogP contribution in [0, 0.1) is 0 Å². The highest BCUT2D eigenvalue weighted by molar-refractivity contribution is 6.36. The number of rotatable bonds is 9. The molecule has 1 N–H and O–H groups in total. The molecule has 33 heavy (non-hydrogen) atoms. The third-order valence-electron chi connectivity index (χ3n) is 5.89. The van der Waals surface area contributed by atoms with Crippen molar-refractivity contribution in [1.82, 2.24) is 10.2 Å². The van der Waals surface area contributed by atoms with Crippen molar-refractivity contribution >= 4 is 46.6 Å². The zero-order valence-electron chi connectivity index (χ0n) is 18.7. The smallest absolute Gasteiger partial charge is 0.261 e. The highest BCUT2D eigenvalue weighted by Gasteiger charge is 2.31. The number of nitrogens with one attached hydrogen (secondary N) is 1. The minimum absolute atomic E-state index is 0.104. The molecule has 0 radical (unpaired) electrons. The fourth-order valence-electron chi connectivity index (χ4n) is 4.10. The first kappa shape index (κ1) is 25.7. The van der Waals surface area contributed by atoms with E-state index in [9.17, 15) is 9.59 Å². The SMILES string of the molecule is CC[C@@H](C(=O)NC1CCCCC1)N(Cc1c(Cl)cccc1Cl)C(=O)COc1cccc(Cl)c1. The zero-order chi connectivity index (χ0) is 23.8. The topological polar surface area (TPSA) is 58.6 Å². The van der Waals surface area contributed by atoms with Crippen molar-refractivity contribution in [3.63, 3.8) is 0 Å². The van der Waals surface area contributed by atoms with Gasteiger partial charge in [-0.15, -0.1) is 0 Å². The number of ether oxygens (including phenoxy) is 1. The molecule has 0 bridgehead atoms. The van der Waals surface area contributed by atoms with Crippen molar-refractivity contribution in [2.75, 3.05) is 6.61 Å². The fraction of sp³-hybridized carbons (Fsp3) is 0.440. The maximum absolute atomic E-state index is 13.3. The van der Waals surface area contributed by atoms with E-state index in [-0.39, 0.29) is 31.0 Å². The Balaban J connectivity index is 1.80. The van der Waals surface area contributed by atoms with Gasteiger partial charge in [0.05, 0.1) is 0 Å². The van der Waals surface area contributed by atoms with Crippen LogP contribution in [0.1, 0.15) is 51.0 Å². The number of halogens is 3. The third-order valence-corrected chi connectivity index (χ3v) is 6.83. The van der Waals surface area contributed by atoms with Crippen molar-refractivity contribution in [1.29, 1.82) is 0 Å². The Bertz CT molecular complexity index is 943. The Kier molecular flexibility index (Phi) is 9.72. The lowest BCUT2D eigenvalue weighted by atomic mass is 9.95. The zero-order valence-corrected chi connectivity index (χ0v) is 20.9. The van der Waals surface area contributed by atoms with Gasteiger partial charge in [-0.05, 0) is 49.6 Å². The van der Waals surface area contributed by atoms with E-state index in [0.29, 0.717) is 32.8 Å². The summed E-state index contributed by atoms with van der Waals surface area (Å²) in [6, 6.07) is 11.5. The lowest BCUT2D eigenvalue weighted by molar-refractivity contribution is -0.143. The number of amides is 2. The molecule has 0 spiro atoms. The van der Waals surface area contributed by atoms with Gasteiger partial charge in [0.2, 0.25) is 5.91 Å². The minimum Gasteiger partial charge on any atom is -0.484 e. The number of benzene rings is 2. The summed E-state index contributed by atoms with van der Waals surface area (Å²) < 4.78 is 5.68. The van der Waals surface area contributed by atoms with Gasteiger partial charge < -0.3 is 15.0 Å². The molecule has 2 amide bonds. The quantitative estimate of drug-likeness (QED) is 0.431. The van der Waals surface area contributed by atoms with Gasteiger partial charge in [0.1, 0.15) is 11.8 Å². The Morgan fingerprint density at radius 1 is 1.06 bits per heavy atom. The maximum atomic E-state index is 13.3. The lowest BCUT2D eigenvalue weighted by Crippen LogP contribution is -2.52. The molecule has 178 valence electrons. The first-order valence-electron chi connectivity index (χ1n) is 11.3. The normalized spacial score (nSPS) is 15.0. The summed E-state index contributed by atoms with van der Waals surface area (Å²) in [6.45, 7) is 1.75. The molecule has 0 aromatic heterocycles. The van der Waals surface area contributed by atoms with Crippen molar-refractivity contribution in [3.05, 3.63) is 63.1 Å². The van der Waals surface area contributed by atoms with Crippen molar-refractivity contribution in [2.45, 2.75) is 64.1 Å². The average molecular weight is 512 g/mol. The second-order valence-corrected chi connectivity index (χ2v) is 9.49. The van der Waals surface area contributed by atoms with Crippen LogP contribution in [0.5, 0.6) is 5.75 Å². The number of hydrogen-bond donors (Lipinski definition) is 1. The van der Waals surface area contributed by atoms with Crippen LogP contribution in [0.15, 0.2) is 42.5 Å². The van der Waals surface area contributed by atoms with Gasteiger partial charge >= 0.3 is 0 Å². The van der Waals surface area contributed by atoms with Crippen LogP contribution < -0.4 is 10.1 Å². The molecule has 1 fully saturated rings. The molecular weight excluding hydrogens is 483 g/mol. The summed E-state index contributed by atoms with van der Waals surface area (Å²) >= 11 is 18.8. The Hall–Kier alpha value is -1.95. The lowest BCUT2D eigenvalue weighted by Gasteiger charge is -2.33. The van der Waals surface area contributed by atoms with E-state index in [1.54, 1.807) is 42.5 Å². The molecule has 1 atom stereocenters. The van der Waals surface area contributed by atoms with Crippen LogP contribution in [0.3, 0.4) is 0 Å². The molecule has 3 rings (SSSR count). The predicted molar refractivity (Wildman–Crippen MR) is 133 cm³/mol. The average Bonchev–Trinajstić information content (AvgIpc) is 2.80. The highest BCUT2D eigenvalue weighted by Crippen LogP contribution is 2.27. The third kappa shape index (κ3) is 7.26. The summed E-state index contributed by atoms with van der Waals surface area (Å²) in [6.07, 6.45) is 5.78. The van der Waals surface area contributed by atoms with E-state index in [0.717, 1.165) is 25.7 Å². The van der Waals surface area contributed by atoms with E-state index in [1.807, 2.05) is 6.92 Å². The number of carbonyl (C=O) groups is 2. The van der Waals surface area contributed by atoms with Crippen molar-refractivity contribution < 1.29 is 14.3 Å². The summed E-state index contributed by atoms with van der Waals surface area (Å²) in [5.74, 6) is -0.0217. The van der Waals surface area contributed by atoms with Crippen LogP contribution in [-0.4, -0.2) is 35.4 Å². The second kappa shape index (κ2) is 12.5. The number of nitrogens with zero attached hydrogens (tertiary/aromatic N) is 1. The molecule has 1 aliphatic rings. The molecule has 2 aromatic carbocycles. The van der Waals surface area contributed by atoms with E-state index < -0.39 is 6.04 Å². The summed E-state index contributed by atoms with van der Waals surface area (Å²) in [5, 5.41) is 4.54. The number of hydrogen-bond acceptors (Lipinski definition) is 3. The fourth-order valence-corrected chi connectivity index (χ4v) is 4.80. The van der Waals surface area contributed by atoms with E-state index >= 15 is 0 Å². The Labute approximate surface area is 210 Å². The Morgan fingerprint density at radius 3 is 2.36 bits per heavy atom. The molecule has 1 aliphatic carbocycles. The first-order valence-corrected chi connectivity index (χ1v) is 12.4. The molecule has 0 unspecified atom stereocenters. The van der Waals surface area contributed by atoms with Crippen molar-refractivity contribution in [3.8, 4) is 5.75 Å². The molecule has 2 aromatic rings. The molecular formula is C25H29Cl3N2O3. The molecule has 0 aliphatic heterocycles. The van der Waals surface area contributed by atoms with Gasteiger partial charge in [0.15, 0.2) is 6.61 Å². The largest absolute Gasteiger partial charge is 0.484 e. The van der Waals surface area contributed by atoms with Gasteiger partial charge in [-0.25, -0.2) is 0 Å². The molecule has 5 nitrogen and oxygen atoms in total. The van der Waals surface area contributed by atoms with Gasteiger partial charge in [-0.1, -0.05) is 73.1 Å². The van der Waals surface area contributed by atoms with E-state index in [2.05, 4.69) is 5.32 Å². The summed E-state index contributed by atoms with van der Waals surface area (Å²) in [7, 11) is 0. The second-order valence-electron chi connectivity index (χ2n) is 8.24. The van der Waals surface area contributed by atoms with Crippen LogP contribution in [0.25, 0.3) is 0 Å². The number of carbonyl (C=O) groups excluding carboxylic acids is 2. The highest BCUT2D eigenvalue weighted by atomic mass is 35.5. The van der Waals surface area contributed by atoms with Crippen molar-refractivity contribution in [2.24, 2.45) is 0 Å². The van der Waals surface area contributed by atoms with Gasteiger partial charge in [0.25, 0.3) is 5.91 Å². The van der Waals surface area contributed by atoms with Gasteiger partial charge in [-0.3, -0.25) is 9.59 Å². The molecule has 0 heterocycles. The predicted octanol–water partition coefficient (Wildman–Crippen LogP) is 6.28. The van der Waals surface area contributed by atoms with Crippen LogP contribution in [0.4, 0.5) is 0 Å². The standard InChI is InChI=1S/C25H29Cl3N2O3/c1-2-23(25(32)29-18-9-4-3-5-10-18)30(15-20-21(27)12-7-13-22(20)28)24(31)16-33-19-11-6-8-17(26)14-19/h6-8,11-14,18,23H,2-5,9-10,15-16H2,1H3,(H,29,32)/t23-/m0/s1. The molecule has 8 heteroatoms. The van der Waals surface area contributed by atoms with Crippen LogP contribution in [-0.2, 0) is 16.1 Å². The van der Waals surface area contributed by atoms with Crippen LogP contribution in [0.2, 0.25) is 15.1 Å². The molecule has 1 saturated carbocycles. The Morgan fingerprint density at radius 2 is 1.73 bits per heavy atom. The van der Waals surface area contributed by atoms with E-state index in [4.69, 9.17) is 39.5 Å². The maximum Gasteiger partial charge on any atom is 0.261 e. The van der Waals surface area contributed by atoms with Crippen LogP contribution >= 0.6 is 34.8 Å². The first-order chi connectivity index (χ1) is 15.9. The van der Waals surface area contributed by atoms with E-state index in [1.165, 1.54) is 11.3 Å². The minimum atomic E-state index is -0.672. The molecule has 0 saturated heterocycles. The summed E-state index contributed by atoms with van der Waals surface area (Å²) in [5.41, 5.74) is 0.598. The van der Waals surface area contributed by atoms with Gasteiger partial charge in [0, 0.05) is 33.2 Å². The monoisotopic (exact) mass is 510 g/mol. The summed E-state index contributed by atoms with van der Waals surface area (Å²) in [4.78, 5) is 28.1.